The zero-order chi connectivity index (χ0) is 29.8. The summed E-state index contributed by atoms with van der Waals surface area (Å²) < 4.78 is 70.0. The summed E-state index contributed by atoms with van der Waals surface area (Å²) in [4.78, 5) is 19.5. The van der Waals surface area contributed by atoms with Crippen LogP contribution in [0.5, 0.6) is 5.75 Å². The van der Waals surface area contributed by atoms with Crippen molar-refractivity contribution in [1.82, 2.24) is 15.1 Å². The number of ether oxygens (including phenoxy) is 2. The maximum atomic E-state index is 14.5. The minimum atomic E-state index is -4.96. The molecule has 10 nitrogen and oxygen atoms in total. The van der Waals surface area contributed by atoms with Gasteiger partial charge in [0.05, 0.1) is 28.5 Å². The highest BCUT2D eigenvalue weighted by Gasteiger charge is 2.40. The third-order valence-electron chi connectivity index (χ3n) is 7.45. The first-order valence-electron chi connectivity index (χ1n) is 13.1. The van der Waals surface area contributed by atoms with Gasteiger partial charge in [-0.25, -0.2) is 19.2 Å². The van der Waals surface area contributed by atoms with Crippen LogP contribution in [0.15, 0.2) is 28.9 Å². The third kappa shape index (κ3) is 5.63. The van der Waals surface area contributed by atoms with Gasteiger partial charge in [-0.15, -0.1) is 24.5 Å². The number of carbonyl (C=O) groups is 1. The zero-order valence-corrected chi connectivity index (χ0v) is 22.6. The number of nitrogens with two attached hydrogens (primary N) is 1. The quantitative estimate of drug-likeness (QED) is 0.206. The van der Waals surface area contributed by atoms with E-state index in [9.17, 15) is 32.6 Å². The lowest BCUT2D eigenvalue weighted by molar-refractivity contribution is -0.274. The average molecular weight is 609 g/mol. The molecule has 0 spiro atoms. The number of nitrogen functional groups attached to an aromatic ring is 1. The van der Waals surface area contributed by atoms with Gasteiger partial charge < -0.3 is 29.9 Å². The molecule has 2 aliphatic rings. The van der Waals surface area contributed by atoms with Gasteiger partial charge in [0.15, 0.2) is 5.82 Å². The van der Waals surface area contributed by atoms with Gasteiger partial charge >= 0.3 is 12.3 Å². The van der Waals surface area contributed by atoms with Crippen molar-refractivity contribution in [1.29, 1.82) is 0 Å². The molecule has 0 atom stereocenters. The number of hydrogen-bond acceptors (Lipinski definition) is 10. The number of hydrogen-bond donors (Lipinski definition) is 3. The van der Waals surface area contributed by atoms with Crippen LogP contribution in [0.25, 0.3) is 21.5 Å². The van der Waals surface area contributed by atoms with Crippen LogP contribution in [0.3, 0.4) is 0 Å². The minimum absolute atomic E-state index is 0.00502. The van der Waals surface area contributed by atoms with Gasteiger partial charge in [-0.3, -0.25) is 0 Å². The maximum Gasteiger partial charge on any atom is 0.573 e. The molecule has 0 saturated heterocycles. The van der Waals surface area contributed by atoms with Gasteiger partial charge in [-0.05, 0) is 50.7 Å². The SMILES string of the molecule is Nc1cc(OC(F)(F)F)c(-c2noc(C3CC3)c2COC2CCC(O)(c3nc4c(F)cc(C(=O)O)cc4s3)CC2)cn1. The van der Waals surface area contributed by atoms with E-state index < -0.39 is 29.5 Å². The summed E-state index contributed by atoms with van der Waals surface area (Å²) in [6.45, 7) is -0.00604. The van der Waals surface area contributed by atoms with Gasteiger partial charge in [0.2, 0.25) is 0 Å². The number of pyridine rings is 1. The van der Waals surface area contributed by atoms with Crippen LogP contribution in [0.2, 0.25) is 0 Å². The second-order valence-electron chi connectivity index (χ2n) is 10.5. The van der Waals surface area contributed by atoms with Gasteiger partial charge in [-0.2, -0.15) is 0 Å². The molecule has 3 aromatic heterocycles. The number of nitrogens with zero attached hydrogens (tertiary/aromatic N) is 3. The number of fused-ring (bicyclic) bond motifs is 1. The molecule has 0 bridgehead atoms. The van der Waals surface area contributed by atoms with Crippen LogP contribution in [-0.2, 0) is 16.9 Å². The van der Waals surface area contributed by atoms with Crippen molar-refractivity contribution in [2.24, 2.45) is 0 Å². The maximum absolute atomic E-state index is 14.5. The van der Waals surface area contributed by atoms with Crippen LogP contribution < -0.4 is 10.5 Å². The van der Waals surface area contributed by atoms with Crippen molar-refractivity contribution in [2.45, 2.75) is 69.1 Å². The Bertz CT molecular complexity index is 1660. The molecular weight excluding hydrogens is 584 g/mol. The monoisotopic (exact) mass is 608 g/mol. The second-order valence-corrected chi connectivity index (χ2v) is 11.5. The van der Waals surface area contributed by atoms with E-state index in [2.05, 4.69) is 19.9 Å². The number of halogens is 4. The number of alkyl halides is 3. The summed E-state index contributed by atoms with van der Waals surface area (Å²) in [5.74, 6) is -2.14. The first-order chi connectivity index (χ1) is 19.9. The Balaban J connectivity index is 1.19. The van der Waals surface area contributed by atoms with Gasteiger partial charge in [0.25, 0.3) is 0 Å². The summed E-state index contributed by atoms with van der Waals surface area (Å²) in [6.07, 6.45) is -1.09. The molecule has 0 amide bonds. The molecule has 222 valence electrons. The number of anilines is 1. The Kier molecular flexibility index (Phi) is 7.06. The number of carboxylic acids is 1. The predicted octanol–water partition coefficient (Wildman–Crippen LogP) is 5.89. The number of aliphatic hydroxyl groups is 1. The van der Waals surface area contributed by atoms with Crippen molar-refractivity contribution in [3.63, 3.8) is 0 Å². The third-order valence-corrected chi connectivity index (χ3v) is 8.65. The topological polar surface area (TPSA) is 154 Å². The molecule has 0 radical (unpaired) electrons. The molecule has 2 saturated carbocycles. The fraction of sp³-hybridized carbons (Fsp3) is 0.407. The van der Waals surface area contributed by atoms with Crippen LogP contribution >= 0.6 is 11.3 Å². The van der Waals surface area contributed by atoms with Crippen LogP contribution in [0.1, 0.15) is 71.1 Å². The molecule has 3 heterocycles. The average Bonchev–Trinajstić information content (AvgIpc) is 3.51. The number of rotatable bonds is 8. The Morgan fingerprint density at radius 1 is 1.19 bits per heavy atom. The van der Waals surface area contributed by atoms with Crippen LogP contribution in [0, 0.1) is 5.82 Å². The fourth-order valence-electron chi connectivity index (χ4n) is 5.14. The Morgan fingerprint density at radius 2 is 1.93 bits per heavy atom. The largest absolute Gasteiger partial charge is 0.573 e. The van der Waals surface area contributed by atoms with Crippen LogP contribution in [-0.4, -0.2) is 43.8 Å². The first kappa shape index (κ1) is 28.3. The van der Waals surface area contributed by atoms with E-state index in [0.29, 0.717) is 33.9 Å². The van der Waals surface area contributed by atoms with Crippen molar-refractivity contribution < 1.29 is 46.6 Å². The van der Waals surface area contributed by atoms with E-state index in [1.807, 2.05) is 0 Å². The van der Waals surface area contributed by atoms with Crippen molar-refractivity contribution >= 4 is 33.3 Å². The lowest BCUT2D eigenvalue weighted by Crippen LogP contribution is -2.34. The summed E-state index contributed by atoms with van der Waals surface area (Å²) in [6, 6.07) is 3.20. The predicted molar refractivity (Wildman–Crippen MR) is 140 cm³/mol. The molecule has 4 aromatic rings. The number of benzene rings is 1. The van der Waals surface area contributed by atoms with Crippen molar-refractivity contribution in [3.8, 4) is 17.0 Å². The molecule has 0 aliphatic heterocycles. The Hall–Kier alpha value is -3.82. The standard InChI is InChI=1S/C27H24F4N4O6S/c28-17-7-13(24(36)37)8-19-22(17)34-25(42-19)26(38)5-3-14(4-6-26)39-11-16-21(35-41-23(16)12-1-2-12)15-10-33-20(32)9-18(15)40-27(29,30)31/h7-10,12,14,38H,1-6,11H2,(H2,32,33)(H,36,37). The number of carboxylic acid groups (broad SMARTS) is 1. The zero-order valence-electron chi connectivity index (χ0n) is 21.8. The summed E-state index contributed by atoms with van der Waals surface area (Å²) in [5.41, 5.74) is 4.63. The van der Waals surface area contributed by atoms with E-state index in [-0.39, 0.29) is 59.6 Å². The number of aromatic carboxylic acids is 1. The van der Waals surface area contributed by atoms with Gasteiger partial charge in [-0.1, -0.05) is 5.16 Å². The lowest BCUT2D eigenvalue weighted by atomic mass is 9.83. The second kappa shape index (κ2) is 10.5. The highest BCUT2D eigenvalue weighted by Crippen LogP contribution is 2.47. The highest BCUT2D eigenvalue weighted by molar-refractivity contribution is 7.18. The molecule has 42 heavy (non-hydrogen) atoms. The molecule has 2 aliphatic carbocycles. The fourth-order valence-corrected chi connectivity index (χ4v) is 6.31. The van der Waals surface area contributed by atoms with E-state index in [1.54, 1.807) is 0 Å². The number of aromatic nitrogens is 3. The lowest BCUT2D eigenvalue weighted by Gasteiger charge is -2.34. The number of thiazole rings is 1. The van der Waals surface area contributed by atoms with E-state index in [0.717, 1.165) is 42.5 Å². The molecule has 1 aromatic carbocycles. The molecule has 0 unspecified atom stereocenters. The van der Waals surface area contributed by atoms with E-state index in [4.69, 9.17) is 15.0 Å². The molecule has 15 heteroatoms. The molecular formula is C27H24F4N4O6S. The summed E-state index contributed by atoms with van der Waals surface area (Å²) in [7, 11) is 0. The smallest absolute Gasteiger partial charge is 0.478 e. The van der Waals surface area contributed by atoms with Gasteiger partial charge in [0, 0.05) is 23.7 Å². The van der Waals surface area contributed by atoms with Crippen LogP contribution in [0.4, 0.5) is 23.4 Å². The molecule has 2 fully saturated rings. The minimum Gasteiger partial charge on any atom is -0.478 e. The summed E-state index contributed by atoms with van der Waals surface area (Å²) >= 11 is 1.05. The molecule has 6 rings (SSSR count). The summed E-state index contributed by atoms with van der Waals surface area (Å²) in [5, 5.41) is 24.9. The van der Waals surface area contributed by atoms with E-state index in [1.165, 1.54) is 6.07 Å². The first-order valence-corrected chi connectivity index (χ1v) is 13.9. The van der Waals surface area contributed by atoms with Gasteiger partial charge in [0.1, 0.15) is 39.1 Å². The Morgan fingerprint density at radius 3 is 2.60 bits per heavy atom. The normalized spacial score (nSPS) is 21.1. The highest BCUT2D eigenvalue weighted by atomic mass is 32.1. The molecule has 4 N–H and O–H groups in total. The Labute approximate surface area is 239 Å². The van der Waals surface area contributed by atoms with E-state index >= 15 is 0 Å². The van der Waals surface area contributed by atoms with Crippen molar-refractivity contribution in [3.05, 3.63) is 52.1 Å². The van der Waals surface area contributed by atoms with Crippen molar-refractivity contribution in [2.75, 3.05) is 5.73 Å².